The van der Waals surface area contributed by atoms with Crippen LogP contribution in [0.4, 0.5) is 0 Å². The Morgan fingerprint density at radius 2 is 1.32 bits per heavy atom. The van der Waals surface area contributed by atoms with Crippen LogP contribution in [0.15, 0.2) is 85.2 Å². The van der Waals surface area contributed by atoms with E-state index in [1.165, 1.54) is 55.2 Å². The monoisotopic (exact) mass is 520 g/mol. The van der Waals surface area contributed by atoms with Crippen molar-refractivity contribution in [2.75, 3.05) is 0 Å². The van der Waals surface area contributed by atoms with Crippen LogP contribution in [0.3, 0.4) is 0 Å². The van der Waals surface area contributed by atoms with E-state index in [2.05, 4.69) is 140 Å². The van der Waals surface area contributed by atoms with Gasteiger partial charge in [0.05, 0.1) is 28.8 Å². The van der Waals surface area contributed by atoms with Crippen LogP contribution in [0.25, 0.3) is 39.2 Å². The van der Waals surface area contributed by atoms with Crippen LogP contribution in [-0.4, -0.2) is 25.7 Å². The largest absolute Gasteiger partial charge is 0.295 e. The second-order valence-electron chi connectivity index (χ2n) is 12.2. The molecule has 5 aromatic rings. The zero-order valence-electron chi connectivity index (χ0n) is 23.4. The van der Waals surface area contributed by atoms with E-state index in [-0.39, 0.29) is 0 Å². The fourth-order valence-corrected chi connectivity index (χ4v) is 8.60. The topological polar surface area (TPSA) is 21.7 Å². The molecule has 5 heteroatoms. The van der Waals surface area contributed by atoms with E-state index in [1.54, 1.807) is 0 Å². The van der Waals surface area contributed by atoms with Gasteiger partial charge in [-0.2, -0.15) is 4.57 Å². The van der Waals surface area contributed by atoms with Crippen molar-refractivity contribution in [2.45, 2.75) is 46.2 Å². The highest BCUT2D eigenvalue weighted by molar-refractivity contribution is 6.93. The molecule has 0 atom stereocenters. The molecular weight excluding hydrogens is 483 g/mol. The van der Waals surface area contributed by atoms with Crippen LogP contribution in [-0.2, 0) is 7.05 Å². The molecule has 3 aromatic carbocycles. The van der Waals surface area contributed by atoms with Gasteiger partial charge in [-0.1, -0.05) is 93.9 Å². The fourth-order valence-electron chi connectivity index (χ4n) is 5.38. The molecule has 0 N–H and O–H groups in total. The molecule has 37 heavy (non-hydrogen) atoms. The summed E-state index contributed by atoms with van der Waals surface area (Å²) >= 11 is 0. The molecule has 0 aliphatic carbocycles. The van der Waals surface area contributed by atoms with Gasteiger partial charge in [0.1, 0.15) is 5.69 Å². The molecule has 5 rings (SSSR count). The molecule has 0 spiro atoms. The van der Waals surface area contributed by atoms with Crippen molar-refractivity contribution in [2.24, 2.45) is 7.05 Å². The number of benzene rings is 3. The number of imidazole rings is 1. The predicted octanol–water partition coefficient (Wildman–Crippen LogP) is 6.58. The van der Waals surface area contributed by atoms with Gasteiger partial charge in [-0.3, -0.25) is 4.98 Å². The molecule has 0 aliphatic rings. The summed E-state index contributed by atoms with van der Waals surface area (Å²) in [5, 5.41) is 3.03. The zero-order chi connectivity index (χ0) is 26.5. The molecule has 0 aliphatic heterocycles. The first-order chi connectivity index (χ1) is 17.5. The highest BCUT2D eigenvalue weighted by Crippen LogP contribution is 2.31. The van der Waals surface area contributed by atoms with Crippen molar-refractivity contribution in [3.05, 3.63) is 90.8 Å². The zero-order valence-corrected chi connectivity index (χ0v) is 25.4. The van der Waals surface area contributed by atoms with E-state index in [0.29, 0.717) is 0 Å². The van der Waals surface area contributed by atoms with E-state index in [9.17, 15) is 0 Å². The number of para-hydroxylation sites is 2. The van der Waals surface area contributed by atoms with Gasteiger partial charge in [0.15, 0.2) is 11.0 Å². The van der Waals surface area contributed by atoms with Gasteiger partial charge in [-0.15, -0.1) is 0 Å². The summed E-state index contributed by atoms with van der Waals surface area (Å²) in [7, 11) is -1.34. The van der Waals surface area contributed by atoms with Crippen molar-refractivity contribution in [3.63, 3.8) is 0 Å². The van der Waals surface area contributed by atoms with Gasteiger partial charge in [0, 0.05) is 12.4 Å². The second kappa shape index (κ2) is 9.23. The fraction of sp³-hybridized carbons (Fsp3) is 0.250. The summed E-state index contributed by atoms with van der Waals surface area (Å²) in [5.74, 6) is 1.22. The van der Waals surface area contributed by atoms with Gasteiger partial charge >= 0.3 is 0 Å². The molecule has 0 radical (unpaired) electrons. The quantitative estimate of drug-likeness (QED) is 0.189. The minimum Gasteiger partial charge on any atom is -0.264 e. The maximum Gasteiger partial charge on any atom is 0.295 e. The first-order valence-corrected chi connectivity index (χ1v) is 20.1. The molecule has 0 saturated carbocycles. The highest BCUT2D eigenvalue weighted by Gasteiger charge is 2.36. The maximum absolute atomic E-state index is 4.41. The molecule has 0 bridgehead atoms. The van der Waals surface area contributed by atoms with Crippen LogP contribution in [0.5, 0.6) is 0 Å². The lowest BCUT2D eigenvalue weighted by atomic mass is 10.0. The minimum atomic E-state index is -1.77. The Hall–Kier alpha value is -3.29. The van der Waals surface area contributed by atoms with Gasteiger partial charge in [-0.25, -0.2) is 4.57 Å². The number of nitrogens with zero attached hydrogens (tertiary/aromatic N) is 3. The van der Waals surface area contributed by atoms with Crippen LogP contribution in [0.1, 0.15) is 5.56 Å². The predicted molar refractivity (Wildman–Crippen MR) is 164 cm³/mol. The molecule has 2 heterocycles. The SMILES string of the molecule is Cc1cnccc1-c1n(-c2c([Si](C)(C)C)cc(-c3ccccc3)cc2[Si](C)(C)C)c2ccccc2[n+]1C. The van der Waals surface area contributed by atoms with E-state index >= 15 is 0 Å². The number of hydrogen-bond donors (Lipinski definition) is 0. The van der Waals surface area contributed by atoms with Crippen LogP contribution in [0.2, 0.25) is 39.3 Å². The number of aromatic nitrogens is 3. The summed E-state index contributed by atoms with van der Waals surface area (Å²) in [6.45, 7) is 17.1. The standard InChI is InChI=1S/C32H38N3Si2/c1-23-22-33-19-18-26(23)32-34(2)27-16-12-13-17-28(27)35(32)31-29(36(3,4)5)20-25(21-30(31)37(6,7)8)24-14-10-9-11-15-24/h9-22H,1-8H3/q+1. The number of aryl methyl sites for hydroxylation is 2. The number of rotatable bonds is 5. The molecule has 0 fully saturated rings. The first kappa shape index (κ1) is 25.4. The Morgan fingerprint density at radius 3 is 1.92 bits per heavy atom. The Balaban J connectivity index is 2.00. The Kier molecular flexibility index (Phi) is 6.33. The van der Waals surface area contributed by atoms with Crippen LogP contribution < -0.4 is 14.9 Å². The average Bonchev–Trinajstić information content (AvgIpc) is 3.15. The molecule has 0 amide bonds. The summed E-state index contributed by atoms with van der Waals surface area (Å²) in [5.41, 5.74) is 8.94. The van der Waals surface area contributed by atoms with Crippen molar-refractivity contribution in [1.82, 2.24) is 9.55 Å². The Bertz CT molecular complexity index is 1570. The summed E-state index contributed by atoms with van der Waals surface area (Å²) < 4.78 is 4.94. The Morgan fingerprint density at radius 1 is 0.730 bits per heavy atom. The van der Waals surface area contributed by atoms with Crippen LogP contribution in [0, 0.1) is 6.92 Å². The van der Waals surface area contributed by atoms with Gasteiger partial charge in [0.2, 0.25) is 0 Å². The van der Waals surface area contributed by atoms with Gasteiger partial charge in [0.25, 0.3) is 5.82 Å². The van der Waals surface area contributed by atoms with Gasteiger partial charge in [-0.05, 0) is 52.2 Å². The maximum atomic E-state index is 4.41. The smallest absolute Gasteiger partial charge is 0.264 e. The lowest BCUT2D eigenvalue weighted by Crippen LogP contribution is -2.49. The molecule has 0 unspecified atom stereocenters. The van der Waals surface area contributed by atoms with Gasteiger partial charge < -0.3 is 0 Å². The summed E-state index contributed by atoms with van der Waals surface area (Å²) in [6.07, 6.45) is 3.90. The molecule has 0 saturated heterocycles. The lowest BCUT2D eigenvalue weighted by Gasteiger charge is -2.28. The number of hydrogen-bond acceptors (Lipinski definition) is 1. The Labute approximate surface area is 223 Å². The molecule has 2 aromatic heterocycles. The third-order valence-electron chi connectivity index (χ3n) is 7.33. The summed E-state index contributed by atoms with van der Waals surface area (Å²) in [6, 6.07) is 26.9. The summed E-state index contributed by atoms with van der Waals surface area (Å²) in [4.78, 5) is 4.41. The molecule has 3 nitrogen and oxygen atoms in total. The number of fused-ring (bicyclic) bond motifs is 1. The highest BCUT2D eigenvalue weighted by atomic mass is 28.3. The molecule has 188 valence electrons. The third kappa shape index (κ3) is 4.51. The van der Waals surface area contributed by atoms with E-state index in [4.69, 9.17) is 0 Å². The first-order valence-electron chi connectivity index (χ1n) is 13.1. The number of pyridine rings is 1. The van der Waals surface area contributed by atoms with Crippen molar-refractivity contribution in [1.29, 1.82) is 0 Å². The second-order valence-corrected chi connectivity index (χ2v) is 22.3. The average molecular weight is 521 g/mol. The molecular formula is C32H38N3Si2+. The lowest BCUT2D eigenvalue weighted by molar-refractivity contribution is -0.633. The van der Waals surface area contributed by atoms with Crippen molar-refractivity contribution in [3.8, 4) is 28.2 Å². The van der Waals surface area contributed by atoms with Crippen molar-refractivity contribution >= 4 is 37.6 Å². The van der Waals surface area contributed by atoms with E-state index < -0.39 is 16.1 Å². The third-order valence-corrected chi connectivity index (χ3v) is 11.3. The van der Waals surface area contributed by atoms with Crippen LogP contribution >= 0.6 is 0 Å². The van der Waals surface area contributed by atoms with Crippen molar-refractivity contribution < 1.29 is 4.57 Å². The minimum absolute atomic E-state index is 1.19. The van der Waals surface area contributed by atoms with E-state index in [0.717, 1.165) is 0 Å². The van der Waals surface area contributed by atoms with E-state index in [1.807, 2.05) is 12.4 Å². The normalized spacial score (nSPS) is 12.3.